The first-order valence-electron chi connectivity index (χ1n) is 5.98. The molecule has 0 bridgehead atoms. The van der Waals surface area contributed by atoms with Gasteiger partial charge in [-0.3, -0.25) is 9.48 Å². The number of carboxylic acids is 1. The molecule has 0 radical (unpaired) electrons. The number of nitrogens with one attached hydrogen (secondary N) is 1. The average molecular weight is 310 g/mol. The summed E-state index contributed by atoms with van der Waals surface area (Å²) in [5.41, 5.74) is -1.06. The number of hydrogen-bond donors (Lipinski definition) is 3. The highest BCUT2D eigenvalue weighted by molar-refractivity contribution is 7.13. The number of aliphatic carboxylic acids is 1. The van der Waals surface area contributed by atoms with Crippen molar-refractivity contribution < 1.29 is 19.8 Å². The minimum Gasteiger partial charge on any atom is -0.479 e. The van der Waals surface area contributed by atoms with Crippen molar-refractivity contribution in [3.8, 4) is 10.6 Å². The lowest BCUT2D eigenvalue weighted by atomic mass is 10.1. The third-order valence-electron chi connectivity index (χ3n) is 2.74. The Balaban J connectivity index is 2.04. The highest BCUT2D eigenvalue weighted by atomic mass is 32.1. The summed E-state index contributed by atoms with van der Waals surface area (Å²) in [5.74, 6) is -1.94. The number of thiazole rings is 1. The van der Waals surface area contributed by atoms with Gasteiger partial charge in [-0.25, -0.2) is 9.78 Å². The third kappa shape index (κ3) is 3.44. The average Bonchev–Trinajstić information content (AvgIpc) is 3.04. The van der Waals surface area contributed by atoms with Crippen molar-refractivity contribution in [1.29, 1.82) is 0 Å². The van der Waals surface area contributed by atoms with Gasteiger partial charge in [-0.05, 0) is 6.92 Å². The Labute approximate surface area is 124 Å². The van der Waals surface area contributed by atoms with Crippen molar-refractivity contribution in [3.63, 3.8) is 0 Å². The highest BCUT2D eigenvalue weighted by Crippen LogP contribution is 2.22. The zero-order chi connectivity index (χ0) is 15.6. The molecule has 0 aliphatic rings. The number of aryl methyl sites for hydroxylation is 1. The van der Waals surface area contributed by atoms with Crippen molar-refractivity contribution in [2.45, 2.75) is 12.5 Å². The quantitative estimate of drug-likeness (QED) is 0.721. The second-order valence-electron chi connectivity index (χ2n) is 4.70. The number of aliphatic hydroxyl groups is 1. The maximum Gasteiger partial charge on any atom is 0.337 e. The van der Waals surface area contributed by atoms with E-state index in [0.717, 1.165) is 12.5 Å². The lowest BCUT2D eigenvalue weighted by molar-refractivity contribution is -0.155. The van der Waals surface area contributed by atoms with E-state index in [-0.39, 0.29) is 5.69 Å². The van der Waals surface area contributed by atoms with Gasteiger partial charge in [0.1, 0.15) is 10.7 Å². The molecule has 3 N–H and O–H groups in total. The van der Waals surface area contributed by atoms with Crippen LogP contribution in [0.5, 0.6) is 0 Å². The van der Waals surface area contributed by atoms with Crippen LogP contribution in [-0.4, -0.2) is 49.0 Å². The Morgan fingerprint density at radius 2 is 2.24 bits per heavy atom. The van der Waals surface area contributed by atoms with Gasteiger partial charge >= 0.3 is 5.97 Å². The van der Waals surface area contributed by atoms with E-state index >= 15 is 0 Å². The Hall–Kier alpha value is -2.26. The number of carbonyl (C=O) groups is 2. The molecule has 2 heterocycles. The van der Waals surface area contributed by atoms with E-state index in [1.807, 2.05) is 0 Å². The van der Waals surface area contributed by atoms with E-state index in [2.05, 4.69) is 15.4 Å². The maximum atomic E-state index is 11.9. The van der Waals surface area contributed by atoms with Crippen molar-refractivity contribution in [2.24, 2.45) is 7.05 Å². The predicted molar refractivity (Wildman–Crippen MR) is 74.9 cm³/mol. The second kappa shape index (κ2) is 5.62. The van der Waals surface area contributed by atoms with E-state index in [4.69, 9.17) is 5.11 Å². The maximum absolute atomic E-state index is 11.9. The summed E-state index contributed by atoms with van der Waals surface area (Å²) in [5, 5.41) is 26.8. The molecule has 0 saturated carbocycles. The van der Waals surface area contributed by atoms with E-state index in [1.165, 1.54) is 11.3 Å². The number of amides is 1. The Bertz CT molecular complexity index is 676. The molecule has 0 aliphatic carbocycles. The summed E-state index contributed by atoms with van der Waals surface area (Å²) >= 11 is 1.28. The van der Waals surface area contributed by atoms with Crippen molar-refractivity contribution in [2.75, 3.05) is 6.54 Å². The molecule has 8 nitrogen and oxygen atoms in total. The molecule has 9 heteroatoms. The number of carbonyl (C=O) groups excluding carboxylic acids is 1. The SMILES string of the molecule is Cn1cc(-c2nc(C(=O)NCC(C)(O)C(=O)O)cs2)cn1. The molecule has 2 rings (SSSR count). The topological polar surface area (TPSA) is 117 Å². The predicted octanol–water partition coefficient (Wildman–Crippen LogP) is 0.109. The fourth-order valence-corrected chi connectivity index (χ4v) is 2.24. The number of nitrogens with zero attached hydrogens (tertiary/aromatic N) is 3. The summed E-state index contributed by atoms with van der Waals surface area (Å²) < 4.78 is 1.63. The monoisotopic (exact) mass is 310 g/mol. The number of hydrogen-bond acceptors (Lipinski definition) is 6. The molecule has 1 amide bonds. The fourth-order valence-electron chi connectivity index (χ4n) is 1.46. The molecule has 2 aromatic rings. The highest BCUT2D eigenvalue weighted by Gasteiger charge is 2.30. The van der Waals surface area contributed by atoms with Gasteiger partial charge < -0.3 is 15.5 Å². The largest absolute Gasteiger partial charge is 0.479 e. The van der Waals surface area contributed by atoms with Crippen LogP contribution in [-0.2, 0) is 11.8 Å². The molecular formula is C12H14N4O4S. The van der Waals surface area contributed by atoms with Crippen LogP contribution in [0.2, 0.25) is 0 Å². The van der Waals surface area contributed by atoms with Crippen LogP contribution in [0.25, 0.3) is 10.6 Å². The number of carboxylic acid groups (broad SMARTS) is 1. The van der Waals surface area contributed by atoms with Crippen molar-refractivity contribution >= 4 is 23.2 Å². The molecule has 0 spiro atoms. The van der Waals surface area contributed by atoms with Crippen molar-refractivity contribution in [3.05, 3.63) is 23.5 Å². The molecule has 0 fully saturated rings. The first-order chi connectivity index (χ1) is 9.79. The minimum atomic E-state index is -2.02. The molecule has 0 aromatic carbocycles. The van der Waals surface area contributed by atoms with Gasteiger partial charge in [-0.1, -0.05) is 0 Å². The van der Waals surface area contributed by atoms with Gasteiger partial charge in [-0.2, -0.15) is 5.10 Å². The van der Waals surface area contributed by atoms with Crippen molar-refractivity contribution in [1.82, 2.24) is 20.1 Å². The third-order valence-corrected chi connectivity index (χ3v) is 3.63. The second-order valence-corrected chi connectivity index (χ2v) is 5.56. The molecule has 1 unspecified atom stereocenters. The number of rotatable bonds is 5. The standard InChI is InChI=1S/C12H14N4O4S/c1-12(20,11(18)19)6-13-9(17)8-5-21-10(15-8)7-3-14-16(2)4-7/h3-5,20H,6H2,1-2H3,(H,13,17)(H,18,19). The summed E-state index contributed by atoms with van der Waals surface area (Å²) in [7, 11) is 1.78. The first kappa shape index (κ1) is 15.1. The number of aromatic nitrogens is 3. The van der Waals surface area contributed by atoms with Crippen LogP contribution in [0.1, 0.15) is 17.4 Å². The van der Waals surface area contributed by atoms with E-state index in [1.54, 1.807) is 29.5 Å². The van der Waals surface area contributed by atoms with E-state index < -0.39 is 24.0 Å². The van der Waals surface area contributed by atoms with Crippen LogP contribution < -0.4 is 5.32 Å². The zero-order valence-electron chi connectivity index (χ0n) is 11.4. The first-order valence-corrected chi connectivity index (χ1v) is 6.86. The molecule has 0 aliphatic heterocycles. The Morgan fingerprint density at radius 3 is 2.81 bits per heavy atom. The molecule has 2 aromatic heterocycles. The summed E-state index contributed by atoms with van der Waals surface area (Å²) in [6.07, 6.45) is 3.41. The lowest BCUT2D eigenvalue weighted by Gasteiger charge is -2.17. The van der Waals surface area contributed by atoms with Crippen LogP contribution in [0, 0.1) is 0 Å². The summed E-state index contributed by atoms with van der Waals surface area (Å²) in [4.78, 5) is 26.8. The molecule has 1 atom stereocenters. The van der Waals surface area contributed by atoms with Gasteiger partial charge in [0.2, 0.25) is 0 Å². The zero-order valence-corrected chi connectivity index (χ0v) is 12.2. The van der Waals surface area contributed by atoms with Gasteiger partial charge in [0.25, 0.3) is 5.91 Å². The molecular weight excluding hydrogens is 296 g/mol. The summed E-state index contributed by atoms with van der Waals surface area (Å²) in [6, 6.07) is 0. The van der Waals surface area contributed by atoms with Gasteiger partial charge in [-0.15, -0.1) is 11.3 Å². The van der Waals surface area contributed by atoms with Crippen LogP contribution >= 0.6 is 11.3 Å². The fraction of sp³-hybridized carbons (Fsp3) is 0.333. The minimum absolute atomic E-state index is 0.167. The smallest absolute Gasteiger partial charge is 0.337 e. The van der Waals surface area contributed by atoms with Crippen LogP contribution in [0.15, 0.2) is 17.8 Å². The lowest BCUT2D eigenvalue weighted by Crippen LogP contribution is -2.46. The van der Waals surface area contributed by atoms with E-state index in [9.17, 15) is 14.7 Å². The van der Waals surface area contributed by atoms with Crippen LogP contribution in [0.4, 0.5) is 0 Å². The normalized spacial score (nSPS) is 13.7. The van der Waals surface area contributed by atoms with Gasteiger partial charge in [0.05, 0.1) is 12.7 Å². The van der Waals surface area contributed by atoms with Crippen LogP contribution in [0.3, 0.4) is 0 Å². The summed E-state index contributed by atoms with van der Waals surface area (Å²) in [6.45, 7) is 0.707. The van der Waals surface area contributed by atoms with Gasteiger partial charge in [0.15, 0.2) is 5.60 Å². The Kier molecular flexibility index (Phi) is 4.05. The van der Waals surface area contributed by atoms with E-state index in [0.29, 0.717) is 5.01 Å². The molecule has 21 heavy (non-hydrogen) atoms. The Morgan fingerprint density at radius 1 is 1.52 bits per heavy atom. The van der Waals surface area contributed by atoms with Gasteiger partial charge in [0, 0.05) is 24.2 Å². The molecule has 0 saturated heterocycles. The molecule has 112 valence electrons.